The molecule has 2 atom stereocenters. The van der Waals surface area contributed by atoms with Crippen molar-refractivity contribution < 1.29 is 9.59 Å². The Morgan fingerprint density at radius 1 is 1.29 bits per heavy atom. The van der Waals surface area contributed by atoms with Crippen LogP contribution in [-0.2, 0) is 16.0 Å². The summed E-state index contributed by atoms with van der Waals surface area (Å²) in [4.78, 5) is 26.2. The molecule has 21 heavy (non-hydrogen) atoms. The molecular weight excluding hydrogens is 264 g/mol. The van der Waals surface area contributed by atoms with Gasteiger partial charge in [0.25, 0.3) is 0 Å². The van der Waals surface area contributed by atoms with Crippen LogP contribution in [0.2, 0.25) is 0 Å². The number of amides is 2. The second-order valence-electron chi connectivity index (χ2n) is 5.86. The molecule has 1 aromatic rings. The Kier molecular flexibility index (Phi) is 5.37. The van der Waals surface area contributed by atoms with E-state index < -0.39 is 0 Å². The van der Waals surface area contributed by atoms with E-state index in [4.69, 9.17) is 0 Å². The predicted molar refractivity (Wildman–Crippen MR) is 82.7 cm³/mol. The van der Waals surface area contributed by atoms with Gasteiger partial charge in [-0.25, -0.2) is 0 Å². The van der Waals surface area contributed by atoms with Gasteiger partial charge >= 0.3 is 0 Å². The van der Waals surface area contributed by atoms with Gasteiger partial charge in [-0.1, -0.05) is 50.6 Å². The van der Waals surface area contributed by atoms with Gasteiger partial charge < -0.3 is 10.2 Å². The van der Waals surface area contributed by atoms with Gasteiger partial charge in [0.05, 0.1) is 6.54 Å². The predicted octanol–water partition coefficient (Wildman–Crippen LogP) is 1.99. The Balaban J connectivity index is 2.12. The van der Waals surface area contributed by atoms with E-state index in [2.05, 4.69) is 19.2 Å². The van der Waals surface area contributed by atoms with Crippen LogP contribution in [-0.4, -0.2) is 35.8 Å². The molecule has 0 aromatic heterocycles. The number of piperazine rings is 1. The zero-order valence-corrected chi connectivity index (χ0v) is 12.8. The fraction of sp³-hybridized carbons (Fsp3) is 0.529. The summed E-state index contributed by atoms with van der Waals surface area (Å²) >= 11 is 0. The van der Waals surface area contributed by atoms with E-state index in [1.54, 1.807) is 4.90 Å². The lowest BCUT2D eigenvalue weighted by Crippen LogP contribution is -2.60. The molecule has 1 fully saturated rings. The SMILES string of the molecule is CCCC(C)CN1C(=O)CNC(=O)C1Cc1ccccc1. The van der Waals surface area contributed by atoms with Crippen molar-refractivity contribution in [2.24, 2.45) is 5.92 Å². The molecule has 0 aliphatic carbocycles. The van der Waals surface area contributed by atoms with E-state index in [0.29, 0.717) is 18.9 Å². The first-order valence-corrected chi connectivity index (χ1v) is 7.73. The monoisotopic (exact) mass is 288 g/mol. The number of rotatable bonds is 6. The second-order valence-corrected chi connectivity index (χ2v) is 5.86. The van der Waals surface area contributed by atoms with E-state index in [-0.39, 0.29) is 24.4 Å². The number of hydrogen-bond donors (Lipinski definition) is 1. The molecule has 114 valence electrons. The Morgan fingerprint density at radius 2 is 2.00 bits per heavy atom. The number of nitrogens with zero attached hydrogens (tertiary/aromatic N) is 1. The lowest BCUT2D eigenvalue weighted by molar-refractivity contribution is -0.146. The molecule has 0 saturated carbocycles. The van der Waals surface area contributed by atoms with E-state index >= 15 is 0 Å². The molecule has 0 spiro atoms. The molecule has 1 aromatic carbocycles. The Bertz CT molecular complexity index is 487. The first-order valence-electron chi connectivity index (χ1n) is 7.73. The van der Waals surface area contributed by atoms with Crippen LogP contribution in [0, 0.1) is 5.92 Å². The standard InChI is InChI=1S/C17H24N2O2/c1-3-7-13(2)12-19-15(17(21)18-11-16(19)20)10-14-8-5-4-6-9-14/h4-6,8-9,13,15H,3,7,10-12H2,1-2H3,(H,18,21). The van der Waals surface area contributed by atoms with Gasteiger partial charge in [0.15, 0.2) is 0 Å². The van der Waals surface area contributed by atoms with Crippen molar-refractivity contribution in [3.63, 3.8) is 0 Å². The fourth-order valence-corrected chi connectivity index (χ4v) is 2.89. The first-order chi connectivity index (χ1) is 10.1. The highest BCUT2D eigenvalue weighted by Gasteiger charge is 2.34. The number of hydrogen-bond acceptors (Lipinski definition) is 2. The molecule has 2 unspecified atom stereocenters. The van der Waals surface area contributed by atoms with Crippen molar-refractivity contribution in [1.82, 2.24) is 10.2 Å². The number of nitrogens with one attached hydrogen (secondary N) is 1. The van der Waals surface area contributed by atoms with E-state index in [1.807, 2.05) is 30.3 Å². The van der Waals surface area contributed by atoms with E-state index in [1.165, 1.54) is 0 Å². The highest BCUT2D eigenvalue weighted by Crippen LogP contribution is 2.16. The summed E-state index contributed by atoms with van der Waals surface area (Å²) < 4.78 is 0. The van der Waals surface area contributed by atoms with Gasteiger partial charge in [0.2, 0.25) is 11.8 Å². The van der Waals surface area contributed by atoms with Crippen molar-refractivity contribution in [2.45, 2.75) is 39.2 Å². The molecule has 0 bridgehead atoms. The fourth-order valence-electron chi connectivity index (χ4n) is 2.89. The maximum Gasteiger partial charge on any atom is 0.243 e. The van der Waals surface area contributed by atoms with Gasteiger partial charge in [0.1, 0.15) is 6.04 Å². The molecule has 4 nitrogen and oxygen atoms in total. The Morgan fingerprint density at radius 3 is 2.67 bits per heavy atom. The average Bonchev–Trinajstić information content (AvgIpc) is 2.48. The quantitative estimate of drug-likeness (QED) is 0.870. The summed E-state index contributed by atoms with van der Waals surface area (Å²) in [5, 5.41) is 2.71. The summed E-state index contributed by atoms with van der Waals surface area (Å²) in [6.07, 6.45) is 2.75. The average molecular weight is 288 g/mol. The zero-order chi connectivity index (χ0) is 15.2. The van der Waals surface area contributed by atoms with Crippen LogP contribution in [0.1, 0.15) is 32.3 Å². The molecule has 1 heterocycles. The zero-order valence-electron chi connectivity index (χ0n) is 12.8. The Hall–Kier alpha value is -1.84. The van der Waals surface area contributed by atoms with Gasteiger partial charge in [-0.3, -0.25) is 9.59 Å². The third-order valence-electron chi connectivity index (χ3n) is 3.97. The van der Waals surface area contributed by atoms with Crippen LogP contribution in [0.5, 0.6) is 0 Å². The molecular formula is C17H24N2O2. The van der Waals surface area contributed by atoms with E-state index in [0.717, 1.165) is 18.4 Å². The van der Waals surface area contributed by atoms with Crippen LogP contribution in [0.3, 0.4) is 0 Å². The summed E-state index contributed by atoms with van der Waals surface area (Å²) in [6, 6.07) is 9.49. The lowest BCUT2D eigenvalue weighted by Gasteiger charge is -2.36. The molecule has 1 aliphatic heterocycles. The van der Waals surface area contributed by atoms with Gasteiger partial charge in [-0.05, 0) is 17.9 Å². The smallest absolute Gasteiger partial charge is 0.243 e. The van der Waals surface area contributed by atoms with Crippen LogP contribution in [0.25, 0.3) is 0 Å². The van der Waals surface area contributed by atoms with Crippen molar-refractivity contribution in [2.75, 3.05) is 13.1 Å². The highest BCUT2D eigenvalue weighted by atomic mass is 16.2. The third kappa shape index (κ3) is 4.06. The summed E-state index contributed by atoms with van der Waals surface area (Å²) in [5.74, 6) is 0.406. The minimum Gasteiger partial charge on any atom is -0.345 e. The summed E-state index contributed by atoms with van der Waals surface area (Å²) in [7, 11) is 0. The third-order valence-corrected chi connectivity index (χ3v) is 3.97. The van der Waals surface area contributed by atoms with Crippen molar-refractivity contribution in [3.05, 3.63) is 35.9 Å². The minimum atomic E-state index is -0.382. The molecule has 1 saturated heterocycles. The summed E-state index contributed by atoms with van der Waals surface area (Å²) in [6.45, 7) is 5.08. The largest absolute Gasteiger partial charge is 0.345 e. The van der Waals surface area contributed by atoms with Gasteiger partial charge in [0, 0.05) is 13.0 Å². The van der Waals surface area contributed by atoms with Gasteiger partial charge in [-0.15, -0.1) is 0 Å². The summed E-state index contributed by atoms with van der Waals surface area (Å²) in [5.41, 5.74) is 1.08. The lowest BCUT2D eigenvalue weighted by atomic mass is 9.99. The van der Waals surface area contributed by atoms with Crippen molar-refractivity contribution in [1.29, 1.82) is 0 Å². The van der Waals surface area contributed by atoms with Crippen LogP contribution >= 0.6 is 0 Å². The number of benzene rings is 1. The Labute approximate surface area is 126 Å². The molecule has 1 N–H and O–H groups in total. The molecule has 2 amide bonds. The molecule has 0 radical (unpaired) electrons. The highest BCUT2D eigenvalue weighted by molar-refractivity contribution is 5.95. The van der Waals surface area contributed by atoms with Crippen molar-refractivity contribution in [3.8, 4) is 0 Å². The van der Waals surface area contributed by atoms with E-state index in [9.17, 15) is 9.59 Å². The number of carbonyl (C=O) groups excluding carboxylic acids is 2. The first kappa shape index (κ1) is 15.5. The maximum atomic E-state index is 12.2. The molecule has 4 heteroatoms. The maximum absolute atomic E-state index is 12.2. The minimum absolute atomic E-state index is 0.0264. The normalized spacial score (nSPS) is 20.3. The topological polar surface area (TPSA) is 49.4 Å². The number of carbonyl (C=O) groups is 2. The molecule has 2 rings (SSSR count). The molecule has 1 aliphatic rings. The van der Waals surface area contributed by atoms with Gasteiger partial charge in [-0.2, -0.15) is 0 Å². The second kappa shape index (κ2) is 7.25. The van der Waals surface area contributed by atoms with Crippen LogP contribution in [0.4, 0.5) is 0 Å². The van der Waals surface area contributed by atoms with Crippen LogP contribution < -0.4 is 5.32 Å². The van der Waals surface area contributed by atoms with Crippen molar-refractivity contribution >= 4 is 11.8 Å². The van der Waals surface area contributed by atoms with Crippen LogP contribution in [0.15, 0.2) is 30.3 Å².